The summed E-state index contributed by atoms with van der Waals surface area (Å²) in [6.07, 6.45) is -3.03. The highest BCUT2D eigenvalue weighted by molar-refractivity contribution is 5.88. The molecule has 1 aromatic rings. The minimum Gasteiger partial charge on any atom is -0.478 e. The molecule has 1 aliphatic rings. The number of carbonyl (C=O) groups is 1. The summed E-state index contributed by atoms with van der Waals surface area (Å²) in [5.74, 6) is -1.34. The van der Waals surface area contributed by atoms with Crippen molar-refractivity contribution in [3.8, 4) is 0 Å². The summed E-state index contributed by atoms with van der Waals surface area (Å²) >= 11 is 0. The molecule has 0 atom stereocenters. The molecule has 1 fully saturated rings. The van der Waals surface area contributed by atoms with Crippen LogP contribution in [0.1, 0.15) is 40.2 Å². The van der Waals surface area contributed by atoms with Crippen LogP contribution in [0.15, 0.2) is 18.2 Å². The Labute approximate surface area is 115 Å². The molecule has 110 valence electrons. The van der Waals surface area contributed by atoms with Crippen molar-refractivity contribution in [2.75, 3.05) is 20.1 Å². The van der Waals surface area contributed by atoms with Crippen LogP contribution in [0.4, 0.5) is 13.2 Å². The maximum atomic E-state index is 12.8. The smallest absolute Gasteiger partial charge is 0.416 e. The molecule has 2 rings (SSSR count). The van der Waals surface area contributed by atoms with Crippen molar-refractivity contribution in [3.05, 3.63) is 34.9 Å². The van der Waals surface area contributed by atoms with Gasteiger partial charge in [0.15, 0.2) is 0 Å². The highest BCUT2D eigenvalue weighted by Gasteiger charge is 2.32. The second-order valence-corrected chi connectivity index (χ2v) is 5.22. The fourth-order valence-corrected chi connectivity index (χ4v) is 2.52. The Morgan fingerprint density at radius 2 is 1.85 bits per heavy atom. The second kappa shape index (κ2) is 5.44. The lowest BCUT2D eigenvalue weighted by Gasteiger charge is -2.29. The van der Waals surface area contributed by atoms with Gasteiger partial charge < -0.3 is 10.0 Å². The third-order valence-corrected chi connectivity index (χ3v) is 3.72. The van der Waals surface area contributed by atoms with Gasteiger partial charge in [0, 0.05) is 0 Å². The molecule has 0 bridgehead atoms. The van der Waals surface area contributed by atoms with Gasteiger partial charge >= 0.3 is 12.1 Å². The number of piperidine rings is 1. The van der Waals surface area contributed by atoms with Crippen LogP contribution in [0.5, 0.6) is 0 Å². The lowest BCUT2D eigenvalue weighted by molar-refractivity contribution is -0.137. The average molecular weight is 287 g/mol. The van der Waals surface area contributed by atoms with Gasteiger partial charge in [-0.1, -0.05) is 0 Å². The zero-order chi connectivity index (χ0) is 14.9. The number of alkyl halides is 3. The van der Waals surface area contributed by atoms with Crippen LogP contribution in [0, 0.1) is 0 Å². The molecular weight excluding hydrogens is 271 g/mol. The summed E-state index contributed by atoms with van der Waals surface area (Å²) in [6, 6.07) is 3.15. The quantitative estimate of drug-likeness (QED) is 0.908. The number of hydrogen-bond acceptors (Lipinski definition) is 2. The second-order valence-electron chi connectivity index (χ2n) is 5.22. The lowest BCUT2D eigenvalue weighted by atomic mass is 9.87. The zero-order valence-electron chi connectivity index (χ0n) is 11.1. The van der Waals surface area contributed by atoms with E-state index in [-0.39, 0.29) is 11.5 Å². The molecule has 1 heterocycles. The van der Waals surface area contributed by atoms with E-state index < -0.39 is 17.7 Å². The first-order chi connectivity index (χ1) is 9.27. The van der Waals surface area contributed by atoms with Gasteiger partial charge in [0.2, 0.25) is 0 Å². The predicted octanol–water partition coefficient (Wildman–Crippen LogP) is 3.21. The third kappa shape index (κ3) is 3.30. The zero-order valence-corrected chi connectivity index (χ0v) is 11.1. The summed E-state index contributed by atoms with van der Waals surface area (Å²) in [5, 5.41) is 8.96. The fraction of sp³-hybridized carbons (Fsp3) is 0.500. The summed E-state index contributed by atoms with van der Waals surface area (Å²) in [7, 11) is 1.96. The number of carboxylic acids is 1. The van der Waals surface area contributed by atoms with Crippen LogP contribution >= 0.6 is 0 Å². The van der Waals surface area contributed by atoms with E-state index in [1.54, 1.807) is 0 Å². The molecule has 0 saturated carbocycles. The maximum Gasteiger partial charge on any atom is 0.416 e. The molecule has 1 aliphatic heterocycles. The number of hydrogen-bond donors (Lipinski definition) is 1. The highest BCUT2D eigenvalue weighted by Crippen LogP contribution is 2.35. The summed E-state index contributed by atoms with van der Waals surface area (Å²) in [5.41, 5.74) is -0.703. The normalized spacial score (nSPS) is 18.2. The minimum absolute atomic E-state index is 0.00778. The largest absolute Gasteiger partial charge is 0.478 e. The van der Waals surface area contributed by atoms with Gasteiger partial charge in [-0.2, -0.15) is 13.2 Å². The molecule has 0 unspecified atom stereocenters. The molecule has 0 radical (unpaired) electrons. The Balaban J connectivity index is 2.37. The highest BCUT2D eigenvalue weighted by atomic mass is 19.4. The van der Waals surface area contributed by atoms with Gasteiger partial charge in [-0.15, -0.1) is 0 Å². The van der Waals surface area contributed by atoms with E-state index in [9.17, 15) is 18.0 Å². The first kappa shape index (κ1) is 14.8. The molecule has 20 heavy (non-hydrogen) atoms. The van der Waals surface area contributed by atoms with Crippen molar-refractivity contribution in [2.45, 2.75) is 24.9 Å². The van der Waals surface area contributed by atoms with Crippen molar-refractivity contribution in [1.82, 2.24) is 4.90 Å². The van der Waals surface area contributed by atoms with Crippen molar-refractivity contribution in [3.63, 3.8) is 0 Å². The number of carboxylic acid groups (broad SMARTS) is 1. The van der Waals surface area contributed by atoms with E-state index in [0.717, 1.165) is 32.0 Å². The Hall–Kier alpha value is -1.56. The van der Waals surface area contributed by atoms with E-state index in [2.05, 4.69) is 4.90 Å². The average Bonchev–Trinajstić information content (AvgIpc) is 2.38. The van der Waals surface area contributed by atoms with Crippen LogP contribution < -0.4 is 0 Å². The van der Waals surface area contributed by atoms with Crippen LogP contribution in [-0.2, 0) is 6.18 Å². The van der Waals surface area contributed by atoms with Crippen molar-refractivity contribution >= 4 is 5.97 Å². The van der Waals surface area contributed by atoms with Gasteiger partial charge in [-0.25, -0.2) is 4.79 Å². The van der Waals surface area contributed by atoms with Crippen molar-refractivity contribution in [2.24, 2.45) is 0 Å². The first-order valence-corrected chi connectivity index (χ1v) is 6.41. The van der Waals surface area contributed by atoms with E-state index in [4.69, 9.17) is 5.11 Å². The Bertz CT molecular complexity index is 506. The molecule has 1 saturated heterocycles. The molecular formula is C14H16F3NO2. The van der Waals surface area contributed by atoms with Crippen LogP contribution in [0.25, 0.3) is 0 Å². The van der Waals surface area contributed by atoms with Crippen LogP contribution in [-0.4, -0.2) is 36.1 Å². The number of benzene rings is 1. The fourth-order valence-electron chi connectivity index (χ4n) is 2.52. The summed E-state index contributed by atoms with van der Waals surface area (Å²) in [4.78, 5) is 13.1. The monoisotopic (exact) mass is 287 g/mol. The van der Waals surface area contributed by atoms with Gasteiger partial charge in [0.05, 0.1) is 11.1 Å². The maximum absolute atomic E-state index is 12.8. The van der Waals surface area contributed by atoms with Gasteiger partial charge in [0.25, 0.3) is 0 Å². The SMILES string of the molecule is CN1CCC(c2cc(C(=O)O)cc(C(F)(F)F)c2)CC1. The predicted molar refractivity (Wildman–Crippen MR) is 67.9 cm³/mol. The summed E-state index contributed by atoms with van der Waals surface area (Å²) < 4.78 is 38.5. The topological polar surface area (TPSA) is 40.5 Å². The number of halogens is 3. The lowest BCUT2D eigenvalue weighted by Crippen LogP contribution is -2.29. The van der Waals surface area contributed by atoms with Gasteiger partial charge in [0.1, 0.15) is 0 Å². The third-order valence-electron chi connectivity index (χ3n) is 3.72. The number of nitrogens with zero attached hydrogens (tertiary/aromatic N) is 1. The molecule has 0 amide bonds. The van der Waals surface area contributed by atoms with E-state index >= 15 is 0 Å². The first-order valence-electron chi connectivity index (χ1n) is 6.41. The molecule has 3 nitrogen and oxygen atoms in total. The molecule has 1 aromatic carbocycles. The summed E-state index contributed by atoms with van der Waals surface area (Å²) in [6.45, 7) is 1.62. The van der Waals surface area contributed by atoms with Gasteiger partial charge in [-0.3, -0.25) is 0 Å². The molecule has 0 aromatic heterocycles. The number of likely N-dealkylation sites (tertiary alicyclic amines) is 1. The molecule has 0 spiro atoms. The standard InChI is InChI=1S/C14H16F3NO2/c1-18-4-2-9(3-5-18)10-6-11(13(19)20)8-12(7-10)14(15,16)17/h6-9H,2-5H2,1H3,(H,19,20). The minimum atomic E-state index is -4.52. The molecule has 6 heteroatoms. The van der Waals surface area contributed by atoms with Crippen molar-refractivity contribution < 1.29 is 23.1 Å². The Morgan fingerprint density at radius 3 is 2.35 bits per heavy atom. The van der Waals surface area contributed by atoms with Gasteiger partial charge in [-0.05, 0) is 62.7 Å². The van der Waals surface area contributed by atoms with E-state index in [1.165, 1.54) is 6.07 Å². The molecule has 0 aliphatic carbocycles. The van der Waals surface area contributed by atoms with Crippen molar-refractivity contribution in [1.29, 1.82) is 0 Å². The molecule has 1 N–H and O–H groups in total. The van der Waals surface area contributed by atoms with Crippen LogP contribution in [0.2, 0.25) is 0 Å². The Kier molecular flexibility index (Phi) is 4.04. The van der Waals surface area contributed by atoms with Crippen LogP contribution in [0.3, 0.4) is 0 Å². The number of aromatic carboxylic acids is 1. The van der Waals surface area contributed by atoms with E-state index in [1.807, 2.05) is 7.05 Å². The Morgan fingerprint density at radius 1 is 1.25 bits per heavy atom. The number of rotatable bonds is 2. The van der Waals surface area contributed by atoms with E-state index in [0.29, 0.717) is 11.6 Å².